The molecule has 12 nitrogen and oxygen atoms in total. The van der Waals surface area contributed by atoms with Gasteiger partial charge < -0.3 is 26.0 Å². The van der Waals surface area contributed by atoms with Gasteiger partial charge in [-0.25, -0.2) is 22.7 Å². The Hall–Kier alpha value is -2.49. The highest BCUT2D eigenvalue weighted by Crippen LogP contribution is 2.40. The molecule has 1 aliphatic carbocycles. The van der Waals surface area contributed by atoms with Crippen molar-refractivity contribution in [2.45, 2.75) is 65.4 Å². The zero-order chi connectivity index (χ0) is 28.0. The fourth-order valence-electron chi connectivity index (χ4n) is 4.63. The van der Waals surface area contributed by atoms with Crippen molar-refractivity contribution >= 4 is 43.3 Å². The first-order chi connectivity index (χ1) is 17.7. The summed E-state index contributed by atoms with van der Waals surface area (Å²) in [6.07, 6.45) is -0.229. The number of thiazole rings is 1. The monoisotopic (exact) mass is 581 g/mol. The molecule has 0 spiro atoms. The van der Waals surface area contributed by atoms with Crippen molar-refractivity contribution in [2.75, 3.05) is 37.0 Å². The number of aliphatic hydroxyl groups is 3. The summed E-state index contributed by atoms with van der Waals surface area (Å²) < 4.78 is 26.4. The number of nitrogens with one attached hydrogen (secondary N) is 2. The minimum absolute atomic E-state index is 0. The number of aromatic nitrogens is 4. The first-order valence-corrected chi connectivity index (χ1v) is 14.7. The maximum atomic E-state index is 12.2. The van der Waals surface area contributed by atoms with Crippen LogP contribution in [-0.2, 0) is 10.0 Å². The molecule has 4 atom stereocenters. The molecule has 1 fully saturated rings. The lowest BCUT2D eigenvalue weighted by atomic mass is 9.88. The molecule has 3 aromatic heterocycles. The zero-order valence-electron chi connectivity index (χ0n) is 22.3. The van der Waals surface area contributed by atoms with Crippen molar-refractivity contribution in [1.29, 1.82) is 0 Å². The van der Waals surface area contributed by atoms with E-state index in [9.17, 15) is 23.7 Å². The highest BCUT2D eigenvalue weighted by Gasteiger charge is 2.48. The van der Waals surface area contributed by atoms with Gasteiger partial charge in [0.1, 0.15) is 22.4 Å². The molecule has 0 unspecified atom stereocenters. The quantitative estimate of drug-likeness (QED) is 0.250. The molecular formula is C25H39N7O5S2. The third kappa shape index (κ3) is 6.47. The van der Waals surface area contributed by atoms with E-state index in [4.69, 9.17) is 4.98 Å². The van der Waals surface area contributed by atoms with E-state index >= 15 is 0 Å². The van der Waals surface area contributed by atoms with Crippen LogP contribution in [0.1, 0.15) is 39.1 Å². The van der Waals surface area contributed by atoms with Gasteiger partial charge in [-0.3, -0.25) is 4.98 Å². The molecule has 14 heteroatoms. The summed E-state index contributed by atoms with van der Waals surface area (Å²) in [6.45, 7) is 7.00. The van der Waals surface area contributed by atoms with E-state index in [1.165, 1.54) is 25.4 Å². The van der Waals surface area contributed by atoms with E-state index in [-0.39, 0.29) is 25.7 Å². The standard InChI is InChI=1S/C24H35N7O5S2.CH4/c1-12-17(22-29-18-13(2)25-8-7-16(18)37-22)21(28-15-11-14(24(3,4)34)19(32)20(15)33)30-23(27-12)26-9-10-38(35,36)31(5)6;/h7-8,14-15,19-20,32-34H,9-11H2,1-6H3,(H2,26,27,28,30);1H4/t14-,15+,19+,20-;/m0./s1. The van der Waals surface area contributed by atoms with Crippen LogP contribution in [0.4, 0.5) is 11.8 Å². The minimum atomic E-state index is -3.41. The molecule has 216 valence electrons. The van der Waals surface area contributed by atoms with Gasteiger partial charge in [0.2, 0.25) is 16.0 Å². The van der Waals surface area contributed by atoms with E-state index in [1.807, 2.05) is 13.0 Å². The van der Waals surface area contributed by atoms with Gasteiger partial charge >= 0.3 is 0 Å². The topological polar surface area (TPSA) is 174 Å². The molecule has 3 aromatic rings. The number of hydrogen-bond acceptors (Lipinski definition) is 12. The molecule has 5 N–H and O–H groups in total. The Bertz CT molecular complexity index is 1420. The van der Waals surface area contributed by atoms with Crippen LogP contribution in [0.5, 0.6) is 0 Å². The first kappa shape index (κ1) is 31.0. The van der Waals surface area contributed by atoms with Crippen LogP contribution in [0.3, 0.4) is 0 Å². The third-order valence-corrected chi connectivity index (χ3v) is 9.78. The minimum Gasteiger partial charge on any atom is -0.390 e. The molecule has 0 radical (unpaired) electrons. The number of aliphatic hydroxyl groups excluding tert-OH is 2. The second kappa shape index (κ2) is 11.6. The average molecular weight is 582 g/mol. The second-order valence-electron chi connectivity index (χ2n) is 10.4. The maximum Gasteiger partial charge on any atom is 0.224 e. The Kier molecular flexibility index (Phi) is 9.19. The van der Waals surface area contributed by atoms with Crippen LogP contribution in [0.25, 0.3) is 20.8 Å². The predicted molar refractivity (Wildman–Crippen MR) is 154 cm³/mol. The molecule has 0 aromatic carbocycles. The van der Waals surface area contributed by atoms with Gasteiger partial charge in [-0.05, 0) is 40.2 Å². The summed E-state index contributed by atoms with van der Waals surface area (Å²) in [5, 5.41) is 38.9. The molecular weight excluding hydrogens is 542 g/mol. The van der Waals surface area contributed by atoms with Crippen LogP contribution >= 0.6 is 11.3 Å². The number of sulfonamides is 1. The lowest BCUT2D eigenvalue weighted by Gasteiger charge is -2.28. The van der Waals surface area contributed by atoms with Crippen LogP contribution in [0.15, 0.2) is 12.3 Å². The van der Waals surface area contributed by atoms with Gasteiger partial charge in [0.15, 0.2) is 0 Å². The van der Waals surface area contributed by atoms with Gasteiger partial charge in [-0.15, -0.1) is 11.3 Å². The second-order valence-corrected chi connectivity index (χ2v) is 13.7. The lowest BCUT2D eigenvalue weighted by Crippen LogP contribution is -2.40. The smallest absolute Gasteiger partial charge is 0.224 e. The highest BCUT2D eigenvalue weighted by atomic mass is 32.2. The first-order valence-electron chi connectivity index (χ1n) is 12.3. The SMILES string of the molecule is C.Cc1nc(NCCS(=O)(=O)N(C)C)nc(N[C@@H]2C[C@H](C(C)(C)O)[C@@H](O)[C@H]2O)c1-c1nc2c(C)nccc2s1. The number of nitrogens with zero attached hydrogens (tertiary/aromatic N) is 5. The molecule has 1 aliphatic rings. The van der Waals surface area contributed by atoms with E-state index < -0.39 is 39.8 Å². The van der Waals surface area contributed by atoms with Gasteiger partial charge in [-0.2, -0.15) is 4.98 Å². The predicted octanol–water partition coefficient (Wildman–Crippen LogP) is 2.00. The van der Waals surface area contributed by atoms with E-state index in [2.05, 4.69) is 25.6 Å². The van der Waals surface area contributed by atoms with Crippen molar-refractivity contribution in [3.63, 3.8) is 0 Å². The van der Waals surface area contributed by atoms with Crippen LogP contribution in [0.2, 0.25) is 0 Å². The average Bonchev–Trinajstić information content (AvgIpc) is 3.36. The number of aryl methyl sites for hydroxylation is 2. The summed E-state index contributed by atoms with van der Waals surface area (Å²) in [7, 11) is -0.457. The number of hydrogen-bond donors (Lipinski definition) is 5. The van der Waals surface area contributed by atoms with Gasteiger partial charge in [0.25, 0.3) is 0 Å². The Morgan fingerprint density at radius 1 is 1.13 bits per heavy atom. The Balaban J connectivity index is 0.00000420. The Morgan fingerprint density at radius 3 is 2.41 bits per heavy atom. The van der Waals surface area contributed by atoms with E-state index in [0.29, 0.717) is 28.5 Å². The summed E-state index contributed by atoms with van der Waals surface area (Å²) in [4.78, 5) is 18.3. The summed E-state index contributed by atoms with van der Waals surface area (Å²) >= 11 is 1.46. The fourth-order valence-corrected chi connectivity index (χ4v) is 6.47. The lowest BCUT2D eigenvalue weighted by molar-refractivity contribution is -0.0601. The number of anilines is 2. The third-order valence-electron chi connectivity index (χ3n) is 6.91. The Morgan fingerprint density at radius 2 is 1.82 bits per heavy atom. The van der Waals surface area contributed by atoms with E-state index in [1.54, 1.807) is 27.0 Å². The van der Waals surface area contributed by atoms with Crippen molar-refractivity contribution < 1.29 is 23.7 Å². The van der Waals surface area contributed by atoms with Crippen molar-refractivity contribution in [2.24, 2.45) is 5.92 Å². The normalized spacial score (nSPS) is 21.8. The zero-order valence-corrected chi connectivity index (χ0v) is 23.9. The van der Waals surface area contributed by atoms with Crippen LogP contribution in [-0.4, -0.2) is 98.2 Å². The molecule has 1 saturated carbocycles. The number of rotatable bonds is 9. The molecule has 39 heavy (non-hydrogen) atoms. The molecule has 0 aliphatic heterocycles. The number of fused-ring (bicyclic) bond motifs is 1. The van der Waals surface area contributed by atoms with Crippen molar-refractivity contribution in [3.05, 3.63) is 23.7 Å². The van der Waals surface area contributed by atoms with Crippen LogP contribution < -0.4 is 10.6 Å². The number of pyridine rings is 1. The molecule has 0 saturated heterocycles. The largest absolute Gasteiger partial charge is 0.390 e. The van der Waals surface area contributed by atoms with Crippen molar-refractivity contribution in [3.8, 4) is 10.6 Å². The van der Waals surface area contributed by atoms with E-state index in [0.717, 1.165) is 20.2 Å². The summed E-state index contributed by atoms with van der Waals surface area (Å²) in [6, 6.07) is 1.29. The molecule has 3 heterocycles. The summed E-state index contributed by atoms with van der Waals surface area (Å²) in [5.74, 6) is -0.0920. The highest BCUT2D eigenvalue weighted by molar-refractivity contribution is 7.89. The molecule has 4 rings (SSSR count). The van der Waals surface area contributed by atoms with Gasteiger partial charge in [0.05, 0.1) is 45.2 Å². The molecule has 0 amide bonds. The van der Waals surface area contributed by atoms with Crippen molar-refractivity contribution in [1.82, 2.24) is 24.2 Å². The maximum absolute atomic E-state index is 12.2. The summed E-state index contributed by atoms with van der Waals surface area (Å²) in [5.41, 5.74) is 1.60. The van der Waals surface area contributed by atoms with Gasteiger partial charge in [0, 0.05) is 32.8 Å². The van der Waals surface area contributed by atoms with Gasteiger partial charge in [-0.1, -0.05) is 7.43 Å². The fraction of sp³-hybridized carbons (Fsp3) is 0.600. The van der Waals surface area contributed by atoms with Crippen LogP contribution in [0, 0.1) is 19.8 Å². The molecule has 0 bridgehead atoms. The Labute approximate surface area is 233 Å².